The van der Waals surface area contributed by atoms with Gasteiger partial charge < -0.3 is 0 Å². The fourth-order valence-corrected chi connectivity index (χ4v) is 0.761. The summed E-state index contributed by atoms with van der Waals surface area (Å²) in [6.07, 6.45) is 1.61. The monoisotopic (exact) mass is 179 g/mol. The molecule has 0 aliphatic carbocycles. The first kappa shape index (κ1) is 10.6. The summed E-state index contributed by atoms with van der Waals surface area (Å²) in [4.78, 5) is 0. The van der Waals surface area contributed by atoms with Crippen LogP contribution in [0.5, 0.6) is 0 Å². The molecule has 0 aromatic heterocycles. The van der Waals surface area contributed by atoms with E-state index in [1.54, 1.807) is 19.9 Å². The van der Waals surface area contributed by atoms with Crippen molar-refractivity contribution in [2.45, 2.75) is 13.8 Å². The van der Waals surface area contributed by atoms with Gasteiger partial charge >= 0.3 is 10.3 Å². The summed E-state index contributed by atoms with van der Waals surface area (Å²) >= 11 is 0. The highest BCUT2D eigenvalue weighted by atomic mass is 32.2. The zero-order valence-corrected chi connectivity index (χ0v) is 7.52. The molecule has 0 aromatic rings. The van der Waals surface area contributed by atoms with Crippen molar-refractivity contribution in [1.82, 2.24) is 0 Å². The topological polar surface area (TPSA) is 69.4 Å². The molecule has 0 amide bonds. The molecule has 0 radical (unpaired) electrons. The van der Waals surface area contributed by atoms with E-state index in [-0.39, 0.29) is 12.0 Å². The van der Waals surface area contributed by atoms with E-state index in [0.717, 1.165) is 0 Å². The first-order chi connectivity index (χ1) is 4.77. The molecule has 0 rings (SSSR count). The second kappa shape index (κ2) is 3.34. The van der Waals surface area contributed by atoms with E-state index in [1.807, 2.05) is 0 Å². The van der Waals surface area contributed by atoms with E-state index in [0.29, 0.717) is 0 Å². The van der Waals surface area contributed by atoms with Crippen LogP contribution in [0.1, 0.15) is 13.8 Å². The molecule has 0 unspecified atom stereocenters. The molecule has 0 atom stereocenters. The Morgan fingerprint density at radius 3 is 2.36 bits per heavy atom. The van der Waals surface area contributed by atoms with Gasteiger partial charge in [0, 0.05) is 5.41 Å². The Balaban J connectivity index is 4.00. The summed E-state index contributed by atoms with van der Waals surface area (Å²) in [5.41, 5.74) is -0.369. The highest BCUT2D eigenvalue weighted by Gasteiger charge is 2.16. The van der Waals surface area contributed by atoms with Gasteiger partial charge in [-0.1, -0.05) is 19.9 Å². The summed E-state index contributed by atoms with van der Waals surface area (Å²) < 4.78 is 25.0. The van der Waals surface area contributed by atoms with Crippen molar-refractivity contribution in [3.05, 3.63) is 12.7 Å². The quantitative estimate of drug-likeness (QED) is 0.636. The third-order valence-electron chi connectivity index (χ3n) is 1.15. The Labute approximate surface area is 67.3 Å². The van der Waals surface area contributed by atoms with Crippen molar-refractivity contribution in [3.8, 4) is 0 Å². The van der Waals surface area contributed by atoms with Crippen LogP contribution in [-0.2, 0) is 14.5 Å². The SMILES string of the molecule is C=CC(C)(C)COS(N)(=O)=O. The van der Waals surface area contributed by atoms with Crippen LogP contribution in [0.15, 0.2) is 12.7 Å². The molecule has 5 heteroatoms. The fraction of sp³-hybridized carbons (Fsp3) is 0.667. The molecule has 4 nitrogen and oxygen atoms in total. The van der Waals surface area contributed by atoms with Crippen molar-refractivity contribution in [2.24, 2.45) is 10.6 Å². The van der Waals surface area contributed by atoms with E-state index < -0.39 is 10.3 Å². The molecule has 0 aromatic carbocycles. The van der Waals surface area contributed by atoms with Gasteiger partial charge in [-0.2, -0.15) is 8.42 Å². The van der Waals surface area contributed by atoms with Crippen LogP contribution in [0.3, 0.4) is 0 Å². The van der Waals surface area contributed by atoms with Crippen molar-refractivity contribution in [1.29, 1.82) is 0 Å². The van der Waals surface area contributed by atoms with Crippen LogP contribution in [-0.4, -0.2) is 15.0 Å². The van der Waals surface area contributed by atoms with Gasteiger partial charge in [0.05, 0.1) is 6.61 Å². The lowest BCUT2D eigenvalue weighted by Crippen LogP contribution is -2.23. The maximum absolute atomic E-state index is 10.3. The van der Waals surface area contributed by atoms with Crippen molar-refractivity contribution < 1.29 is 12.6 Å². The molecule has 0 spiro atoms. The van der Waals surface area contributed by atoms with Gasteiger partial charge in [-0.25, -0.2) is 5.14 Å². The summed E-state index contributed by atoms with van der Waals surface area (Å²) in [5.74, 6) is 0. The zero-order chi connectivity index (χ0) is 9.12. The van der Waals surface area contributed by atoms with Crippen LogP contribution in [0.2, 0.25) is 0 Å². The molecule has 0 bridgehead atoms. The highest BCUT2D eigenvalue weighted by Crippen LogP contribution is 2.16. The second-order valence-corrected chi connectivity index (χ2v) is 4.17. The number of hydrogen-bond acceptors (Lipinski definition) is 3. The molecule has 0 aliphatic heterocycles. The Morgan fingerprint density at radius 1 is 1.64 bits per heavy atom. The Kier molecular flexibility index (Phi) is 3.22. The molecule has 11 heavy (non-hydrogen) atoms. The van der Waals surface area contributed by atoms with Crippen LogP contribution in [0, 0.1) is 5.41 Å². The minimum absolute atomic E-state index is 0.0231. The fourth-order valence-electron chi connectivity index (χ4n) is 0.293. The van der Waals surface area contributed by atoms with Crippen LogP contribution < -0.4 is 5.14 Å². The Bertz CT molecular complexity index is 230. The van der Waals surface area contributed by atoms with Crippen molar-refractivity contribution in [2.75, 3.05) is 6.61 Å². The largest absolute Gasteiger partial charge is 0.333 e. The molecule has 66 valence electrons. The van der Waals surface area contributed by atoms with Gasteiger partial charge in [0.25, 0.3) is 0 Å². The van der Waals surface area contributed by atoms with Gasteiger partial charge in [0.2, 0.25) is 0 Å². The predicted octanol–water partition coefficient (Wildman–Crippen LogP) is 0.419. The van der Waals surface area contributed by atoms with Gasteiger partial charge in [-0.05, 0) is 0 Å². The number of hydrogen-bond donors (Lipinski definition) is 1. The number of rotatable bonds is 4. The third kappa shape index (κ3) is 6.03. The predicted molar refractivity (Wildman–Crippen MR) is 43.0 cm³/mol. The smallest absolute Gasteiger partial charge is 0.257 e. The van der Waals surface area contributed by atoms with Gasteiger partial charge in [0.15, 0.2) is 0 Å². The van der Waals surface area contributed by atoms with Crippen molar-refractivity contribution in [3.63, 3.8) is 0 Å². The van der Waals surface area contributed by atoms with E-state index in [4.69, 9.17) is 0 Å². The van der Waals surface area contributed by atoms with E-state index in [1.165, 1.54) is 0 Å². The van der Waals surface area contributed by atoms with Gasteiger partial charge in [-0.3, -0.25) is 4.18 Å². The lowest BCUT2D eigenvalue weighted by atomic mass is 9.96. The molecular formula is C6H13NO3S. The number of nitrogens with two attached hydrogens (primary N) is 1. The summed E-state index contributed by atoms with van der Waals surface area (Å²) in [7, 11) is -3.82. The standard InChI is InChI=1S/C6H13NO3S/c1-4-6(2,3)5-10-11(7,8)9/h4H,1,5H2,2-3H3,(H2,7,8,9). The van der Waals surface area contributed by atoms with Crippen molar-refractivity contribution >= 4 is 10.3 Å². The average molecular weight is 179 g/mol. The summed E-state index contributed by atoms with van der Waals surface area (Å²) in [6.45, 7) is 7.13. The maximum atomic E-state index is 10.3. The molecular weight excluding hydrogens is 166 g/mol. The maximum Gasteiger partial charge on any atom is 0.333 e. The Hall–Kier alpha value is -0.390. The molecule has 2 N–H and O–H groups in total. The minimum atomic E-state index is -3.82. The molecule has 0 heterocycles. The van der Waals surface area contributed by atoms with E-state index >= 15 is 0 Å². The molecule has 0 aliphatic rings. The van der Waals surface area contributed by atoms with E-state index in [2.05, 4.69) is 15.9 Å². The minimum Gasteiger partial charge on any atom is -0.257 e. The first-order valence-electron chi connectivity index (χ1n) is 3.07. The third-order valence-corrected chi connectivity index (χ3v) is 1.59. The lowest BCUT2D eigenvalue weighted by molar-refractivity contribution is 0.228. The molecule has 0 fully saturated rings. The zero-order valence-electron chi connectivity index (χ0n) is 6.70. The van der Waals surface area contributed by atoms with E-state index in [9.17, 15) is 8.42 Å². The van der Waals surface area contributed by atoms with Crippen LogP contribution in [0.25, 0.3) is 0 Å². The van der Waals surface area contributed by atoms with Gasteiger partial charge in [0.1, 0.15) is 0 Å². The normalized spacial score (nSPS) is 13.0. The van der Waals surface area contributed by atoms with Crippen LogP contribution in [0.4, 0.5) is 0 Å². The highest BCUT2D eigenvalue weighted by molar-refractivity contribution is 7.84. The summed E-state index contributed by atoms with van der Waals surface area (Å²) in [6, 6.07) is 0. The molecule has 0 saturated heterocycles. The van der Waals surface area contributed by atoms with Gasteiger partial charge in [-0.15, -0.1) is 6.58 Å². The average Bonchev–Trinajstić information content (AvgIpc) is 1.83. The lowest BCUT2D eigenvalue weighted by Gasteiger charge is -2.17. The second-order valence-electron chi connectivity index (χ2n) is 2.95. The molecule has 0 saturated carbocycles. The first-order valence-corrected chi connectivity index (χ1v) is 4.55. The Morgan fingerprint density at radius 2 is 2.09 bits per heavy atom. The summed E-state index contributed by atoms with van der Waals surface area (Å²) in [5, 5.41) is 4.61. The van der Waals surface area contributed by atoms with Crippen LogP contribution >= 0.6 is 0 Å².